The molecule has 0 N–H and O–H groups in total. The number of nitrogens with zero attached hydrogens (tertiary/aromatic N) is 3. The number of para-hydroxylation sites is 1. The van der Waals surface area contributed by atoms with Crippen molar-refractivity contribution in [2.45, 2.75) is 18.7 Å². The summed E-state index contributed by atoms with van der Waals surface area (Å²) in [6.45, 7) is 2.58. The topological polar surface area (TPSA) is 45.7 Å². The van der Waals surface area contributed by atoms with Crippen LogP contribution < -0.4 is 4.90 Å². The van der Waals surface area contributed by atoms with E-state index in [0.29, 0.717) is 0 Å². The quantitative estimate of drug-likeness (QED) is 0.866. The average Bonchev–Trinajstić information content (AvgIpc) is 2.99. The van der Waals surface area contributed by atoms with Crippen molar-refractivity contribution in [2.75, 3.05) is 24.6 Å². The Morgan fingerprint density at radius 2 is 1.91 bits per heavy atom. The van der Waals surface area contributed by atoms with Crippen LogP contribution in [0.15, 0.2) is 54.7 Å². The van der Waals surface area contributed by atoms with Gasteiger partial charge in [0.05, 0.1) is 17.8 Å². The van der Waals surface area contributed by atoms with Gasteiger partial charge in [-0.1, -0.05) is 24.3 Å². The number of hydrogen-bond donors (Lipinski definition) is 0. The highest BCUT2D eigenvalue weighted by molar-refractivity contribution is 5.95. The van der Waals surface area contributed by atoms with Crippen LogP contribution in [0.2, 0.25) is 0 Å². The summed E-state index contributed by atoms with van der Waals surface area (Å²) in [5, 5.41) is 0. The summed E-state index contributed by atoms with van der Waals surface area (Å²) in [7, 11) is 0. The Balaban J connectivity index is 1.53. The maximum atomic E-state index is 12.4. The smallest absolute Gasteiger partial charge is 0.253 e. The summed E-state index contributed by atoms with van der Waals surface area (Å²) in [6, 6.07) is 15.9. The van der Waals surface area contributed by atoms with Gasteiger partial charge in [0.25, 0.3) is 5.91 Å². The van der Waals surface area contributed by atoms with E-state index in [1.165, 1.54) is 0 Å². The fourth-order valence-electron chi connectivity index (χ4n) is 3.45. The number of pyridine rings is 1. The summed E-state index contributed by atoms with van der Waals surface area (Å²) in [5.74, 6) is 0.0390. The van der Waals surface area contributed by atoms with Gasteiger partial charge in [-0.3, -0.25) is 14.7 Å². The van der Waals surface area contributed by atoms with Crippen molar-refractivity contribution in [3.63, 3.8) is 0 Å². The molecule has 2 aliphatic heterocycles. The molecule has 0 aliphatic carbocycles. The van der Waals surface area contributed by atoms with Crippen molar-refractivity contribution < 1.29 is 9.53 Å². The highest BCUT2D eigenvalue weighted by Crippen LogP contribution is 2.29. The lowest BCUT2D eigenvalue weighted by Gasteiger charge is -2.36. The number of morpholine rings is 1. The number of aromatic nitrogens is 1. The summed E-state index contributed by atoms with van der Waals surface area (Å²) in [5.41, 5.74) is 2.00. The molecule has 5 nitrogen and oxygen atoms in total. The molecular formula is C18H19N3O2. The molecule has 2 saturated heterocycles. The number of benzene rings is 1. The minimum Gasteiger partial charge on any atom is -0.365 e. The van der Waals surface area contributed by atoms with Crippen LogP contribution in [0.4, 0.5) is 5.69 Å². The van der Waals surface area contributed by atoms with Gasteiger partial charge in [-0.15, -0.1) is 0 Å². The van der Waals surface area contributed by atoms with Crippen molar-refractivity contribution in [2.24, 2.45) is 0 Å². The van der Waals surface area contributed by atoms with Gasteiger partial charge in [-0.25, -0.2) is 0 Å². The van der Waals surface area contributed by atoms with E-state index in [1.807, 2.05) is 59.6 Å². The monoisotopic (exact) mass is 309 g/mol. The molecule has 5 heteroatoms. The average molecular weight is 309 g/mol. The van der Waals surface area contributed by atoms with Gasteiger partial charge in [0.2, 0.25) is 0 Å². The third kappa shape index (κ3) is 2.85. The Morgan fingerprint density at radius 1 is 1.09 bits per heavy atom. The second kappa shape index (κ2) is 6.10. The third-order valence-corrected chi connectivity index (χ3v) is 4.48. The summed E-state index contributed by atoms with van der Waals surface area (Å²) in [4.78, 5) is 21.0. The molecule has 118 valence electrons. The zero-order valence-electron chi connectivity index (χ0n) is 12.8. The fraction of sp³-hybridized carbons (Fsp3) is 0.333. The molecule has 1 amide bonds. The molecule has 0 radical (unpaired) electrons. The maximum absolute atomic E-state index is 12.4. The number of carbonyl (C=O) groups excluding carboxylic acids is 1. The standard InChI is InChI=1S/C18H19N3O2/c22-18-13-23-17-12-20(10-14-6-4-5-9-19-14)11-16(17)21(18)15-7-2-1-3-8-15/h1-9,16-17H,10-13H2/t16-,17+/m1/s1. The Hall–Kier alpha value is -2.24. The van der Waals surface area contributed by atoms with E-state index in [-0.39, 0.29) is 24.7 Å². The number of amides is 1. The van der Waals surface area contributed by atoms with Crippen LogP contribution in [0.25, 0.3) is 0 Å². The Kier molecular flexibility index (Phi) is 3.81. The molecule has 0 bridgehead atoms. The molecule has 4 rings (SSSR count). The van der Waals surface area contributed by atoms with Crippen LogP contribution in [0.5, 0.6) is 0 Å². The van der Waals surface area contributed by atoms with E-state index < -0.39 is 0 Å². The third-order valence-electron chi connectivity index (χ3n) is 4.48. The molecule has 0 unspecified atom stereocenters. The predicted molar refractivity (Wildman–Crippen MR) is 87.0 cm³/mol. The van der Waals surface area contributed by atoms with Crippen LogP contribution in [-0.2, 0) is 16.1 Å². The second-order valence-electron chi connectivity index (χ2n) is 6.03. The molecule has 3 heterocycles. The molecule has 0 spiro atoms. The second-order valence-corrected chi connectivity index (χ2v) is 6.03. The van der Waals surface area contributed by atoms with Gasteiger partial charge >= 0.3 is 0 Å². The normalized spacial score (nSPS) is 24.7. The lowest BCUT2D eigenvalue weighted by molar-refractivity contribution is -0.130. The van der Waals surface area contributed by atoms with Crippen molar-refractivity contribution in [1.82, 2.24) is 9.88 Å². The van der Waals surface area contributed by atoms with E-state index >= 15 is 0 Å². The molecule has 23 heavy (non-hydrogen) atoms. The lowest BCUT2D eigenvalue weighted by Crippen LogP contribution is -2.54. The van der Waals surface area contributed by atoms with Gasteiger partial charge in [-0.2, -0.15) is 0 Å². The van der Waals surface area contributed by atoms with Crippen molar-refractivity contribution in [3.8, 4) is 0 Å². The predicted octanol–water partition coefficient (Wildman–Crippen LogP) is 1.70. The lowest BCUT2D eigenvalue weighted by atomic mass is 10.1. The molecule has 0 saturated carbocycles. The van der Waals surface area contributed by atoms with Crippen molar-refractivity contribution in [3.05, 3.63) is 60.4 Å². The summed E-state index contributed by atoms with van der Waals surface area (Å²) >= 11 is 0. The molecule has 2 aliphatic rings. The number of ether oxygens (including phenoxy) is 1. The first-order valence-electron chi connectivity index (χ1n) is 7.92. The van der Waals surface area contributed by atoms with E-state index in [4.69, 9.17) is 4.74 Å². The van der Waals surface area contributed by atoms with Gasteiger partial charge in [-0.05, 0) is 24.3 Å². The molecule has 2 atom stereocenters. The van der Waals surface area contributed by atoms with Crippen LogP contribution in [-0.4, -0.2) is 47.6 Å². The first-order valence-corrected chi connectivity index (χ1v) is 7.92. The van der Waals surface area contributed by atoms with Gasteiger partial charge in [0.15, 0.2) is 0 Å². The van der Waals surface area contributed by atoms with Crippen LogP contribution in [0, 0.1) is 0 Å². The number of carbonyl (C=O) groups is 1. The largest absolute Gasteiger partial charge is 0.365 e. The molecular weight excluding hydrogens is 290 g/mol. The Labute approximate surface area is 135 Å². The molecule has 1 aromatic carbocycles. The number of rotatable bonds is 3. The zero-order chi connectivity index (χ0) is 15.6. The van der Waals surface area contributed by atoms with E-state index in [0.717, 1.165) is 31.0 Å². The summed E-state index contributed by atoms with van der Waals surface area (Å²) < 4.78 is 5.78. The minimum atomic E-state index is 0.0390. The van der Waals surface area contributed by atoms with Crippen molar-refractivity contribution >= 4 is 11.6 Å². The number of fused-ring (bicyclic) bond motifs is 1. The molecule has 2 aromatic rings. The van der Waals surface area contributed by atoms with Crippen LogP contribution in [0.3, 0.4) is 0 Å². The number of likely N-dealkylation sites (tertiary alicyclic amines) is 1. The number of anilines is 1. The minimum absolute atomic E-state index is 0.0390. The van der Waals surface area contributed by atoms with E-state index in [2.05, 4.69) is 9.88 Å². The first-order chi connectivity index (χ1) is 11.3. The fourth-order valence-corrected chi connectivity index (χ4v) is 3.45. The molecule has 2 fully saturated rings. The summed E-state index contributed by atoms with van der Waals surface area (Å²) in [6.07, 6.45) is 1.88. The van der Waals surface area contributed by atoms with Gasteiger partial charge in [0, 0.05) is 31.5 Å². The first kappa shape index (κ1) is 14.4. The van der Waals surface area contributed by atoms with Gasteiger partial charge < -0.3 is 9.64 Å². The van der Waals surface area contributed by atoms with Crippen molar-refractivity contribution in [1.29, 1.82) is 0 Å². The maximum Gasteiger partial charge on any atom is 0.253 e. The van der Waals surface area contributed by atoms with E-state index in [1.54, 1.807) is 0 Å². The van der Waals surface area contributed by atoms with Gasteiger partial charge in [0.1, 0.15) is 6.61 Å². The highest BCUT2D eigenvalue weighted by Gasteiger charge is 2.43. The van der Waals surface area contributed by atoms with E-state index in [9.17, 15) is 4.79 Å². The zero-order valence-corrected chi connectivity index (χ0v) is 12.8. The highest BCUT2D eigenvalue weighted by atomic mass is 16.5. The van der Waals surface area contributed by atoms with Crippen LogP contribution >= 0.6 is 0 Å². The SMILES string of the molecule is O=C1CO[C@H]2CN(Cc3ccccn3)C[C@H]2N1c1ccccc1. The van der Waals surface area contributed by atoms with Crippen LogP contribution in [0.1, 0.15) is 5.69 Å². The number of hydrogen-bond acceptors (Lipinski definition) is 4. The Morgan fingerprint density at radius 3 is 2.70 bits per heavy atom. The molecule has 1 aromatic heterocycles. The Bertz CT molecular complexity index is 677.